The van der Waals surface area contributed by atoms with E-state index in [9.17, 15) is 13.2 Å². The molecule has 1 aliphatic rings. The maximum Gasteiger partial charge on any atom is 0.223 e. The number of carbonyl (C=O) groups is 1. The average molecular weight is 513 g/mol. The molecule has 1 amide bonds. The van der Waals surface area contributed by atoms with Gasteiger partial charge in [-0.05, 0) is 56.4 Å². The smallest absolute Gasteiger partial charge is 0.223 e. The van der Waals surface area contributed by atoms with Gasteiger partial charge < -0.3 is 10.1 Å². The summed E-state index contributed by atoms with van der Waals surface area (Å²) in [5.41, 5.74) is 1.54. The lowest BCUT2D eigenvalue weighted by Gasteiger charge is -2.30. The zero-order valence-electron chi connectivity index (χ0n) is 18.7. The zero-order valence-corrected chi connectivity index (χ0v) is 21.1. The normalized spacial score (nSPS) is 15.4. The minimum atomic E-state index is -3.57. The summed E-state index contributed by atoms with van der Waals surface area (Å²) in [5, 5.41) is 3.67. The van der Waals surface area contributed by atoms with Gasteiger partial charge in [-0.1, -0.05) is 47.5 Å². The molecule has 2 aromatic carbocycles. The molecule has 1 fully saturated rings. The van der Waals surface area contributed by atoms with Crippen LogP contribution in [0, 0.1) is 5.92 Å². The van der Waals surface area contributed by atoms with Crippen LogP contribution in [0.1, 0.15) is 37.3 Å². The SMILES string of the molecule is CCOc1ccccc1CCCNC(=O)C1CCN(S(=O)(=O)Cc2c(Cl)cccc2Cl)CC1. The van der Waals surface area contributed by atoms with Crippen LogP contribution in [0.15, 0.2) is 42.5 Å². The van der Waals surface area contributed by atoms with E-state index >= 15 is 0 Å². The second-order valence-electron chi connectivity index (χ2n) is 8.07. The van der Waals surface area contributed by atoms with Gasteiger partial charge in [0.05, 0.1) is 12.4 Å². The number of hydrogen-bond donors (Lipinski definition) is 1. The Bertz CT molecular complexity index is 1030. The predicted molar refractivity (Wildman–Crippen MR) is 132 cm³/mol. The van der Waals surface area contributed by atoms with Crippen molar-refractivity contribution in [2.45, 2.75) is 38.4 Å². The highest BCUT2D eigenvalue weighted by Crippen LogP contribution is 2.29. The number of carbonyl (C=O) groups excluding carboxylic acids is 1. The molecule has 0 saturated carbocycles. The summed E-state index contributed by atoms with van der Waals surface area (Å²) in [4.78, 5) is 12.6. The second kappa shape index (κ2) is 12.1. The Morgan fingerprint density at radius 2 is 1.76 bits per heavy atom. The first-order valence-corrected chi connectivity index (χ1v) is 13.6. The van der Waals surface area contributed by atoms with Crippen LogP contribution in [-0.2, 0) is 27.0 Å². The number of nitrogens with zero attached hydrogens (tertiary/aromatic N) is 1. The quantitative estimate of drug-likeness (QED) is 0.468. The first-order chi connectivity index (χ1) is 15.8. The molecule has 1 saturated heterocycles. The first kappa shape index (κ1) is 25.8. The summed E-state index contributed by atoms with van der Waals surface area (Å²) in [6.45, 7) is 3.77. The monoisotopic (exact) mass is 512 g/mol. The van der Waals surface area contributed by atoms with E-state index in [2.05, 4.69) is 5.32 Å². The number of halogens is 2. The van der Waals surface area contributed by atoms with Gasteiger partial charge in [-0.25, -0.2) is 12.7 Å². The molecular formula is C24H30Cl2N2O4S. The van der Waals surface area contributed by atoms with Crippen molar-refractivity contribution in [2.75, 3.05) is 26.2 Å². The van der Waals surface area contributed by atoms with Crippen molar-refractivity contribution in [1.82, 2.24) is 9.62 Å². The van der Waals surface area contributed by atoms with Gasteiger partial charge in [-0.3, -0.25) is 4.79 Å². The topological polar surface area (TPSA) is 75.7 Å². The number of benzene rings is 2. The minimum Gasteiger partial charge on any atom is -0.494 e. The Balaban J connectivity index is 1.44. The zero-order chi connectivity index (χ0) is 23.8. The van der Waals surface area contributed by atoms with E-state index in [4.69, 9.17) is 27.9 Å². The average Bonchev–Trinajstić information content (AvgIpc) is 2.80. The van der Waals surface area contributed by atoms with E-state index in [-0.39, 0.29) is 17.6 Å². The van der Waals surface area contributed by atoms with Gasteiger partial charge in [0.15, 0.2) is 0 Å². The van der Waals surface area contributed by atoms with E-state index in [1.54, 1.807) is 18.2 Å². The molecule has 2 aromatic rings. The number of amides is 1. The van der Waals surface area contributed by atoms with Crippen molar-refractivity contribution >= 4 is 39.1 Å². The number of para-hydroxylation sites is 1. The highest BCUT2D eigenvalue weighted by atomic mass is 35.5. The van der Waals surface area contributed by atoms with Gasteiger partial charge in [-0.2, -0.15) is 0 Å². The van der Waals surface area contributed by atoms with Crippen LogP contribution in [-0.4, -0.2) is 44.9 Å². The van der Waals surface area contributed by atoms with Crippen LogP contribution < -0.4 is 10.1 Å². The molecule has 0 radical (unpaired) electrons. The summed E-state index contributed by atoms with van der Waals surface area (Å²) < 4.78 is 32.8. The third-order valence-electron chi connectivity index (χ3n) is 5.80. The lowest BCUT2D eigenvalue weighted by Crippen LogP contribution is -2.43. The van der Waals surface area contributed by atoms with Crippen LogP contribution in [0.25, 0.3) is 0 Å². The van der Waals surface area contributed by atoms with Gasteiger partial charge in [0, 0.05) is 41.2 Å². The van der Waals surface area contributed by atoms with Crippen molar-refractivity contribution in [2.24, 2.45) is 5.92 Å². The number of hydrogen-bond acceptors (Lipinski definition) is 4. The molecule has 33 heavy (non-hydrogen) atoms. The standard InChI is InChI=1S/C24H30Cl2N2O4S/c1-2-32-23-11-4-3-7-18(23)8-6-14-27-24(29)19-12-15-28(16-13-19)33(30,31)17-20-21(25)9-5-10-22(20)26/h3-5,7,9-11,19H,2,6,8,12-17H2,1H3,(H,27,29). The summed E-state index contributed by atoms with van der Waals surface area (Å²) in [6, 6.07) is 12.9. The molecule has 9 heteroatoms. The lowest BCUT2D eigenvalue weighted by molar-refractivity contribution is -0.126. The molecule has 1 N–H and O–H groups in total. The van der Waals surface area contributed by atoms with Gasteiger partial charge >= 0.3 is 0 Å². The van der Waals surface area contributed by atoms with Gasteiger partial charge in [0.25, 0.3) is 0 Å². The summed E-state index contributed by atoms with van der Waals surface area (Å²) in [7, 11) is -3.57. The van der Waals surface area contributed by atoms with E-state index in [0.29, 0.717) is 54.7 Å². The Kier molecular flexibility index (Phi) is 9.44. The number of piperidine rings is 1. The van der Waals surface area contributed by atoms with E-state index in [0.717, 1.165) is 24.2 Å². The molecule has 1 aliphatic heterocycles. The van der Waals surface area contributed by atoms with Crippen molar-refractivity contribution < 1.29 is 17.9 Å². The fraction of sp³-hybridized carbons (Fsp3) is 0.458. The molecule has 0 spiro atoms. The van der Waals surface area contributed by atoms with E-state index in [1.807, 2.05) is 31.2 Å². The fourth-order valence-corrected chi connectivity index (χ4v) is 6.30. The van der Waals surface area contributed by atoms with Crippen molar-refractivity contribution in [3.8, 4) is 5.75 Å². The maximum absolute atomic E-state index is 12.9. The molecule has 6 nitrogen and oxygen atoms in total. The summed E-state index contributed by atoms with van der Waals surface area (Å²) in [6.07, 6.45) is 2.61. The van der Waals surface area contributed by atoms with E-state index < -0.39 is 10.0 Å². The number of ether oxygens (including phenoxy) is 1. The van der Waals surface area contributed by atoms with E-state index in [1.165, 1.54) is 4.31 Å². The third kappa shape index (κ3) is 7.09. The third-order valence-corrected chi connectivity index (χ3v) is 8.31. The summed E-state index contributed by atoms with van der Waals surface area (Å²) in [5.74, 6) is 0.444. The second-order valence-corrected chi connectivity index (χ2v) is 10.8. The Morgan fingerprint density at radius 3 is 2.42 bits per heavy atom. The van der Waals surface area contributed by atoms with Gasteiger partial charge in [0.1, 0.15) is 5.75 Å². The van der Waals surface area contributed by atoms with Crippen LogP contribution >= 0.6 is 23.2 Å². The van der Waals surface area contributed by atoms with Gasteiger partial charge in [-0.15, -0.1) is 0 Å². The molecule has 180 valence electrons. The van der Waals surface area contributed by atoms with Crippen LogP contribution in [0.3, 0.4) is 0 Å². The molecule has 0 unspecified atom stereocenters. The molecule has 0 bridgehead atoms. The largest absolute Gasteiger partial charge is 0.494 e. The molecule has 0 aliphatic carbocycles. The number of nitrogens with one attached hydrogen (secondary N) is 1. The Hall–Kier alpha value is -1.80. The molecule has 0 atom stereocenters. The van der Waals surface area contributed by atoms with Crippen LogP contribution in [0.2, 0.25) is 10.0 Å². The van der Waals surface area contributed by atoms with Crippen molar-refractivity contribution in [3.63, 3.8) is 0 Å². The highest BCUT2D eigenvalue weighted by molar-refractivity contribution is 7.88. The minimum absolute atomic E-state index is 0.0145. The van der Waals surface area contributed by atoms with Crippen LogP contribution in [0.4, 0.5) is 0 Å². The molecule has 0 aromatic heterocycles. The van der Waals surface area contributed by atoms with Crippen LogP contribution in [0.5, 0.6) is 5.75 Å². The number of rotatable bonds is 10. The maximum atomic E-state index is 12.9. The predicted octanol–water partition coefficient (Wildman–Crippen LogP) is 4.68. The Labute approximate surface area is 206 Å². The molecule has 3 rings (SSSR count). The summed E-state index contributed by atoms with van der Waals surface area (Å²) >= 11 is 12.3. The molecule has 1 heterocycles. The lowest BCUT2D eigenvalue weighted by atomic mass is 9.97. The number of sulfonamides is 1. The first-order valence-electron chi connectivity index (χ1n) is 11.2. The fourth-order valence-electron chi connectivity index (χ4n) is 3.98. The van der Waals surface area contributed by atoms with Crippen molar-refractivity contribution in [3.05, 3.63) is 63.6 Å². The number of aryl methyl sites for hydroxylation is 1. The highest BCUT2D eigenvalue weighted by Gasteiger charge is 2.31. The molecular weight excluding hydrogens is 483 g/mol. The Morgan fingerprint density at radius 1 is 1.09 bits per heavy atom. The van der Waals surface area contributed by atoms with Crippen molar-refractivity contribution in [1.29, 1.82) is 0 Å². The van der Waals surface area contributed by atoms with Gasteiger partial charge in [0.2, 0.25) is 15.9 Å².